The van der Waals surface area contributed by atoms with Crippen molar-refractivity contribution in [3.8, 4) is 5.88 Å². The van der Waals surface area contributed by atoms with Crippen LogP contribution >= 0.6 is 0 Å². The standard InChI is InChI=1S/C24H18F2N4O6S2.Na/c1-37(33,34)28-17-6-7-18-21(10-17)38(35,36)29-23(27-18)22-20(31)11-19-14(8-13-2-4-15(25)5-3-13)9-16(26)12-30(19)24(22)32;/h2-7,9-12,28,32H,8H2,1H3,(H,27,29);/q;+1/p-1. The predicted molar refractivity (Wildman–Crippen MR) is 135 cm³/mol. The minimum Gasteiger partial charge on any atom is -0.859 e. The second-order valence-electron chi connectivity index (χ2n) is 8.56. The number of amidine groups is 1. The van der Waals surface area contributed by atoms with Gasteiger partial charge in [-0.05, 0) is 59.8 Å². The summed E-state index contributed by atoms with van der Waals surface area (Å²) in [5, 5.41) is 16.0. The number of benzene rings is 2. The van der Waals surface area contributed by atoms with Crippen LogP contribution in [0.25, 0.3) is 5.52 Å². The third-order valence-electron chi connectivity index (χ3n) is 5.67. The Kier molecular flexibility index (Phi) is 7.62. The molecule has 196 valence electrons. The van der Waals surface area contributed by atoms with Gasteiger partial charge >= 0.3 is 29.6 Å². The normalized spacial score (nSPS) is 14.1. The first kappa shape index (κ1) is 28.7. The van der Waals surface area contributed by atoms with Gasteiger partial charge in [0.05, 0.1) is 23.0 Å². The molecule has 0 unspecified atom stereocenters. The summed E-state index contributed by atoms with van der Waals surface area (Å²) >= 11 is 0. The van der Waals surface area contributed by atoms with Crippen molar-refractivity contribution in [2.75, 3.05) is 16.3 Å². The van der Waals surface area contributed by atoms with E-state index in [0.717, 1.165) is 35.1 Å². The number of sulfonamides is 2. The molecule has 0 fully saturated rings. The molecule has 3 heterocycles. The number of nitrogens with one attached hydrogen (secondary N) is 2. The number of aromatic nitrogens is 1. The van der Waals surface area contributed by atoms with Crippen LogP contribution in [0.15, 0.2) is 74.9 Å². The Morgan fingerprint density at radius 2 is 1.74 bits per heavy atom. The van der Waals surface area contributed by atoms with Crippen LogP contribution in [0.3, 0.4) is 0 Å². The maximum atomic E-state index is 14.5. The van der Waals surface area contributed by atoms with Crippen LogP contribution in [0.5, 0.6) is 5.88 Å². The van der Waals surface area contributed by atoms with Crippen LogP contribution in [0.2, 0.25) is 0 Å². The minimum absolute atomic E-state index is 0. The van der Waals surface area contributed by atoms with Crippen molar-refractivity contribution in [1.82, 2.24) is 4.40 Å². The van der Waals surface area contributed by atoms with Crippen molar-refractivity contribution in [3.05, 3.63) is 99.3 Å². The van der Waals surface area contributed by atoms with Gasteiger partial charge in [-0.2, -0.15) is 8.42 Å². The van der Waals surface area contributed by atoms with Crippen molar-refractivity contribution in [3.63, 3.8) is 0 Å². The van der Waals surface area contributed by atoms with Gasteiger partial charge in [-0.1, -0.05) is 12.1 Å². The van der Waals surface area contributed by atoms with E-state index in [1.807, 2.05) is 0 Å². The number of hydrogen-bond acceptors (Lipinski definition) is 7. The summed E-state index contributed by atoms with van der Waals surface area (Å²) in [5.41, 5.74) is -0.599. The van der Waals surface area contributed by atoms with Gasteiger partial charge in [0.2, 0.25) is 10.0 Å². The van der Waals surface area contributed by atoms with Crippen LogP contribution in [0, 0.1) is 11.6 Å². The number of nitrogens with zero attached hydrogens (tertiary/aromatic N) is 2. The molecule has 2 aromatic heterocycles. The Balaban J connectivity index is 0.00000353. The first-order valence-corrected chi connectivity index (χ1v) is 14.2. The molecule has 2 N–H and O–H groups in total. The van der Waals surface area contributed by atoms with Crippen molar-refractivity contribution in [2.45, 2.75) is 11.3 Å². The van der Waals surface area contributed by atoms with Crippen LogP contribution < -0.4 is 50.1 Å². The monoisotopic (exact) mass is 582 g/mol. The Morgan fingerprint density at radius 1 is 1.05 bits per heavy atom. The molecule has 0 radical (unpaired) electrons. The average molecular weight is 583 g/mol. The smallest absolute Gasteiger partial charge is 0.859 e. The van der Waals surface area contributed by atoms with E-state index in [1.54, 1.807) is 0 Å². The number of pyridine rings is 2. The quantitative estimate of drug-likeness (QED) is 0.292. The number of rotatable bonds is 5. The molecule has 0 saturated carbocycles. The van der Waals surface area contributed by atoms with Crippen LogP contribution in [0.4, 0.5) is 20.2 Å². The molecule has 2 aromatic carbocycles. The van der Waals surface area contributed by atoms with Crippen molar-refractivity contribution in [1.29, 1.82) is 0 Å². The molecule has 4 aromatic rings. The Morgan fingerprint density at radius 3 is 2.41 bits per heavy atom. The summed E-state index contributed by atoms with van der Waals surface area (Å²) < 4.78 is 83.2. The van der Waals surface area contributed by atoms with Gasteiger partial charge in [0.15, 0.2) is 11.3 Å². The maximum absolute atomic E-state index is 14.5. The molecule has 0 saturated heterocycles. The van der Waals surface area contributed by atoms with Gasteiger partial charge < -0.3 is 14.8 Å². The molecule has 15 heteroatoms. The Labute approximate surface area is 243 Å². The van der Waals surface area contributed by atoms with Crippen molar-refractivity contribution < 1.29 is 60.3 Å². The number of halogens is 2. The fourth-order valence-corrected chi connectivity index (χ4v) is 5.81. The Bertz CT molecular complexity index is 1940. The van der Waals surface area contributed by atoms with Crippen molar-refractivity contribution in [2.24, 2.45) is 4.40 Å². The number of anilines is 2. The molecule has 1 aliphatic rings. The third kappa shape index (κ3) is 5.84. The molecule has 10 nitrogen and oxygen atoms in total. The third-order valence-corrected chi connectivity index (χ3v) is 7.59. The second kappa shape index (κ2) is 10.4. The SMILES string of the molecule is CS(=O)(=O)Nc1ccc2c(c1)S(=O)(=O)N=C(c1c([O-])n3cc(F)cc(Cc4ccc(F)cc4)c3cc1=O)N2.[Na+]. The van der Waals surface area contributed by atoms with Gasteiger partial charge in [-0.3, -0.25) is 9.52 Å². The molecule has 5 rings (SSSR count). The van der Waals surface area contributed by atoms with Crippen LogP contribution in [-0.2, 0) is 26.5 Å². The molecule has 0 atom stereocenters. The molecule has 0 amide bonds. The molecule has 0 bridgehead atoms. The zero-order valence-corrected chi connectivity index (χ0v) is 24.0. The van der Waals surface area contributed by atoms with Gasteiger partial charge in [-0.15, -0.1) is 4.40 Å². The maximum Gasteiger partial charge on any atom is 1.00 e. The van der Waals surface area contributed by atoms with Crippen molar-refractivity contribution >= 4 is 42.8 Å². The molecular formula is C24H17F2N4NaO6S2. The van der Waals surface area contributed by atoms with Gasteiger partial charge in [-0.25, -0.2) is 17.2 Å². The molecule has 39 heavy (non-hydrogen) atoms. The Hall–Kier alpha value is -3.30. The first-order valence-electron chi connectivity index (χ1n) is 10.8. The first-order chi connectivity index (χ1) is 17.8. The molecule has 0 aliphatic carbocycles. The number of fused-ring (bicyclic) bond motifs is 2. The van der Waals surface area contributed by atoms with Gasteiger partial charge in [0, 0.05) is 18.0 Å². The fraction of sp³-hybridized carbons (Fsp3) is 0.0833. The zero-order chi connectivity index (χ0) is 27.4. The van der Waals surface area contributed by atoms with E-state index in [-0.39, 0.29) is 63.3 Å². The van der Waals surface area contributed by atoms with E-state index < -0.39 is 54.4 Å². The summed E-state index contributed by atoms with van der Waals surface area (Å²) in [6.07, 6.45) is 1.85. The average Bonchev–Trinajstić information content (AvgIpc) is 2.80. The van der Waals surface area contributed by atoms with E-state index >= 15 is 0 Å². The summed E-state index contributed by atoms with van der Waals surface area (Å²) in [6, 6.07) is 11.2. The minimum atomic E-state index is -4.47. The van der Waals surface area contributed by atoms with E-state index in [2.05, 4.69) is 14.4 Å². The fourth-order valence-electron chi connectivity index (χ4n) is 4.10. The number of hydrogen-bond donors (Lipinski definition) is 2. The van der Waals surface area contributed by atoms with Gasteiger partial charge in [0.1, 0.15) is 16.5 Å². The van der Waals surface area contributed by atoms with E-state index in [4.69, 9.17) is 0 Å². The summed E-state index contributed by atoms with van der Waals surface area (Å²) in [5.74, 6) is -2.81. The van der Waals surface area contributed by atoms with E-state index in [0.29, 0.717) is 5.56 Å². The summed E-state index contributed by atoms with van der Waals surface area (Å²) in [6.45, 7) is 0. The van der Waals surface area contributed by atoms with E-state index in [9.17, 15) is 35.5 Å². The molecular weight excluding hydrogens is 565 g/mol. The predicted octanol–water partition coefficient (Wildman–Crippen LogP) is -0.821. The largest absolute Gasteiger partial charge is 1.00 e. The zero-order valence-electron chi connectivity index (χ0n) is 20.4. The summed E-state index contributed by atoms with van der Waals surface area (Å²) in [7, 11) is -8.16. The van der Waals surface area contributed by atoms with Crippen LogP contribution in [-0.4, -0.2) is 33.3 Å². The van der Waals surface area contributed by atoms with Crippen LogP contribution in [0.1, 0.15) is 16.7 Å². The topological polar surface area (TPSA) is 149 Å². The van der Waals surface area contributed by atoms with Gasteiger partial charge in [0.25, 0.3) is 10.0 Å². The second-order valence-corrected chi connectivity index (χ2v) is 11.9. The molecule has 0 spiro atoms. The summed E-state index contributed by atoms with van der Waals surface area (Å²) in [4.78, 5) is 12.7. The molecule has 1 aliphatic heterocycles. The van der Waals surface area contributed by atoms with E-state index in [1.165, 1.54) is 36.4 Å².